The van der Waals surface area contributed by atoms with Gasteiger partial charge in [-0.2, -0.15) is 9.41 Å². The number of rotatable bonds is 9. The van der Waals surface area contributed by atoms with Crippen molar-refractivity contribution in [3.8, 4) is 0 Å². The van der Waals surface area contributed by atoms with Gasteiger partial charge in [0, 0.05) is 31.9 Å². The van der Waals surface area contributed by atoms with E-state index in [1.807, 2.05) is 50.2 Å². The Labute approximate surface area is 199 Å². The lowest BCUT2D eigenvalue weighted by molar-refractivity contribution is -0.121. The first-order valence-electron chi connectivity index (χ1n) is 10.6. The average Bonchev–Trinajstić information content (AvgIpc) is 2.80. The topological polar surface area (TPSA) is 82.1 Å². The molecule has 0 saturated carbocycles. The van der Waals surface area contributed by atoms with Gasteiger partial charge in [0.25, 0.3) is 5.91 Å². The minimum atomic E-state index is -4.07. The van der Waals surface area contributed by atoms with Crippen molar-refractivity contribution < 1.29 is 17.6 Å². The predicted molar refractivity (Wildman–Crippen MR) is 132 cm³/mol. The van der Waals surface area contributed by atoms with E-state index in [2.05, 4.69) is 10.5 Å². The zero-order chi connectivity index (χ0) is 24.7. The molecule has 3 rings (SSSR count). The molecule has 0 aliphatic heterocycles. The summed E-state index contributed by atoms with van der Waals surface area (Å²) >= 11 is 0. The van der Waals surface area contributed by atoms with Crippen LogP contribution in [-0.2, 0) is 21.4 Å². The molecule has 0 fully saturated rings. The molecule has 9 heteroatoms. The van der Waals surface area contributed by atoms with Gasteiger partial charge in [-0.3, -0.25) is 4.79 Å². The number of hydrazone groups is 1. The summed E-state index contributed by atoms with van der Waals surface area (Å²) in [4.78, 5) is 14.5. The fourth-order valence-corrected chi connectivity index (χ4v) is 4.51. The van der Waals surface area contributed by atoms with E-state index in [1.165, 1.54) is 36.5 Å². The fraction of sp³-hybridized carbons (Fsp3) is 0.200. The van der Waals surface area contributed by atoms with Crippen LogP contribution in [0.25, 0.3) is 0 Å². The molecule has 0 aliphatic carbocycles. The third kappa shape index (κ3) is 6.49. The van der Waals surface area contributed by atoms with E-state index >= 15 is 0 Å². The molecule has 7 nitrogen and oxygen atoms in total. The molecule has 0 unspecified atom stereocenters. The van der Waals surface area contributed by atoms with E-state index in [1.54, 1.807) is 18.2 Å². The van der Waals surface area contributed by atoms with E-state index in [-0.39, 0.29) is 17.0 Å². The number of sulfonamides is 1. The molecule has 0 heterocycles. The Morgan fingerprint density at radius 3 is 2.26 bits per heavy atom. The average molecular weight is 483 g/mol. The van der Waals surface area contributed by atoms with Crippen LogP contribution in [0.5, 0.6) is 0 Å². The molecular weight excluding hydrogens is 455 g/mol. The Morgan fingerprint density at radius 2 is 1.65 bits per heavy atom. The monoisotopic (exact) mass is 482 g/mol. The Balaban J connectivity index is 1.77. The van der Waals surface area contributed by atoms with Gasteiger partial charge < -0.3 is 4.90 Å². The first-order valence-corrected chi connectivity index (χ1v) is 12.0. The molecule has 0 spiro atoms. The number of nitrogens with zero attached hydrogens (tertiary/aromatic N) is 3. The summed E-state index contributed by atoms with van der Waals surface area (Å²) in [7, 11) is -0.205. The van der Waals surface area contributed by atoms with Crippen LogP contribution in [0.4, 0.5) is 10.1 Å². The predicted octanol–water partition coefficient (Wildman–Crippen LogP) is 3.54. The number of aryl methyl sites for hydroxylation is 1. The second-order valence-electron chi connectivity index (χ2n) is 7.96. The molecule has 0 aliphatic rings. The Hall–Kier alpha value is -3.56. The first kappa shape index (κ1) is 25.1. The van der Waals surface area contributed by atoms with Crippen molar-refractivity contribution in [3.63, 3.8) is 0 Å². The Kier molecular flexibility index (Phi) is 8.14. The van der Waals surface area contributed by atoms with Crippen molar-refractivity contribution in [1.82, 2.24) is 9.73 Å². The van der Waals surface area contributed by atoms with Crippen LogP contribution in [0.1, 0.15) is 16.7 Å². The number of nitrogens with one attached hydrogen (secondary N) is 1. The molecule has 0 atom stereocenters. The molecule has 34 heavy (non-hydrogen) atoms. The van der Waals surface area contributed by atoms with Crippen molar-refractivity contribution >= 4 is 27.8 Å². The molecule has 0 bridgehead atoms. The van der Waals surface area contributed by atoms with Gasteiger partial charge in [-0.15, -0.1) is 0 Å². The van der Waals surface area contributed by atoms with Crippen molar-refractivity contribution in [2.75, 3.05) is 25.5 Å². The lowest BCUT2D eigenvalue weighted by Crippen LogP contribution is -2.39. The minimum absolute atomic E-state index is 0.0201. The lowest BCUT2D eigenvalue weighted by Gasteiger charge is -2.22. The molecule has 1 amide bonds. The van der Waals surface area contributed by atoms with Crippen LogP contribution < -0.4 is 10.3 Å². The summed E-state index contributed by atoms with van der Waals surface area (Å²) in [6.45, 7) is 1.01. The highest BCUT2D eigenvalue weighted by Gasteiger charge is 2.27. The summed E-state index contributed by atoms with van der Waals surface area (Å²) in [6.07, 6.45) is 1.47. The Bertz CT molecular complexity index is 1260. The number of anilines is 1. The molecule has 0 radical (unpaired) electrons. The summed E-state index contributed by atoms with van der Waals surface area (Å²) in [5.74, 6) is -1.20. The summed E-state index contributed by atoms with van der Waals surface area (Å²) in [5, 5.41) is 3.93. The highest BCUT2D eigenvalue weighted by atomic mass is 32.2. The van der Waals surface area contributed by atoms with Gasteiger partial charge in [0.2, 0.25) is 10.0 Å². The second-order valence-corrected chi connectivity index (χ2v) is 9.89. The van der Waals surface area contributed by atoms with Crippen LogP contribution in [0.2, 0.25) is 0 Å². The van der Waals surface area contributed by atoms with Crippen molar-refractivity contribution in [2.24, 2.45) is 5.10 Å². The van der Waals surface area contributed by atoms with E-state index in [9.17, 15) is 17.6 Å². The number of hydrogen-bond donors (Lipinski definition) is 1. The minimum Gasteiger partial charge on any atom is -0.378 e. The first-order chi connectivity index (χ1) is 16.2. The normalized spacial score (nSPS) is 11.7. The zero-order valence-electron chi connectivity index (χ0n) is 19.3. The van der Waals surface area contributed by atoms with Crippen LogP contribution in [0.3, 0.4) is 0 Å². The van der Waals surface area contributed by atoms with Crippen molar-refractivity contribution in [3.05, 3.63) is 95.3 Å². The van der Waals surface area contributed by atoms with Crippen LogP contribution in [0.15, 0.2) is 82.8 Å². The van der Waals surface area contributed by atoms with E-state index in [4.69, 9.17) is 0 Å². The molecule has 0 saturated heterocycles. The number of amides is 1. The molecule has 0 aromatic heterocycles. The molecule has 3 aromatic rings. The molecule has 3 aromatic carbocycles. The number of hydrogen-bond acceptors (Lipinski definition) is 5. The van der Waals surface area contributed by atoms with Gasteiger partial charge in [0.1, 0.15) is 5.82 Å². The lowest BCUT2D eigenvalue weighted by atomic mass is 10.2. The van der Waals surface area contributed by atoms with Gasteiger partial charge in [-0.25, -0.2) is 18.2 Å². The third-order valence-electron chi connectivity index (χ3n) is 5.10. The second kappa shape index (κ2) is 11.0. The summed E-state index contributed by atoms with van der Waals surface area (Å²) < 4.78 is 41.7. The van der Waals surface area contributed by atoms with Crippen molar-refractivity contribution in [2.45, 2.75) is 18.4 Å². The molecule has 1 N–H and O–H groups in total. The van der Waals surface area contributed by atoms with Gasteiger partial charge in [0.15, 0.2) is 0 Å². The standard InChI is InChI=1S/C25H27FN4O3S/c1-19-8-14-23(15-9-19)34(32,33)30(17-21-6-4-5-7-24(21)26)18-25(31)28-27-16-20-10-12-22(13-11-20)29(2)3/h4-16H,17-18H2,1-3H3,(H,28,31)/b27-16-. The maximum Gasteiger partial charge on any atom is 0.255 e. The zero-order valence-corrected chi connectivity index (χ0v) is 20.1. The molecular formula is C25H27FN4O3S. The largest absolute Gasteiger partial charge is 0.378 e. The number of benzene rings is 3. The maximum absolute atomic E-state index is 14.3. The van der Waals surface area contributed by atoms with Gasteiger partial charge in [-0.1, -0.05) is 48.0 Å². The van der Waals surface area contributed by atoms with E-state index in [0.717, 1.165) is 21.1 Å². The van der Waals surface area contributed by atoms with E-state index in [0.29, 0.717) is 0 Å². The highest BCUT2D eigenvalue weighted by Crippen LogP contribution is 2.20. The van der Waals surface area contributed by atoms with Gasteiger partial charge in [-0.05, 0) is 42.8 Å². The SMILES string of the molecule is Cc1ccc(S(=O)(=O)N(CC(=O)N/N=C\c2ccc(N(C)C)cc2)Cc2ccccc2F)cc1. The maximum atomic E-state index is 14.3. The van der Waals surface area contributed by atoms with Crippen molar-refractivity contribution in [1.29, 1.82) is 0 Å². The Morgan fingerprint density at radius 1 is 1.00 bits per heavy atom. The quantitative estimate of drug-likeness (QED) is 0.374. The van der Waals surface area contributed by atoms with Crippen LogP contribution in [-0.4, -0.2) is 45.5 Å². The summed E-state index contributed by atoms with van der Waals surface area (Å²) in [5.41, 5.74) is 5.19. The van der Waals surface area contributed by atoms with Gasteiger partial charge in [0.05, 0.1) is 17.7 Å². The smallest absolute Gasteiger partial charge is 0.255 e. The molecule has 178 valence electrons. The van der Waals surface area contributed by atoms with Crippen LogP contribution >= 0.6 is 0 Å². The fourth-order valence-electron chi connectivity index (χ4n) is 3.13. The third-order valence-corrected chi connectivity index (χ3v) is 6.90. The van der Waals surface area contributed by atoms with Gasteiger partial charge >= 0.3 is 0 Å². The number of halogens is 1. The van der Waals surface area contributed by atoms with Crippen LogP contribution in [0, 0.1) is 12.7 Å². The van der Waals surface area contributed by atoms with E-state index < -0.39 is 28.3 Å². The summed E-state index contributed by atoms with van der Waals surface area (Å²) in [6, 6.07) is 19.6. The number of carbonyl (C=O) groups is 1. The number of carbonyl (C=O) groups excluding carboxylic acids is 1. The highest BCUT2D eigenvalue weighted by molar-refractivity contribution is 7.89.